The summed E-state index contributed by atoms with van der Waals surface area (Å²) >= 11 is 0. The molecule has 102 valence electrons. The lowest BCUT2D eigenvalue weighted by atomic mass is 10.2. The summed E-state index contributed by atoms with van der Waals surface area (Å²) in [7, 11) is 1.59. The number of anilines is 1. The van der Waals surface area contributed by atoms with E-state index >= 15 is 0 Å². The van der Waals surface area contributed by atoms with Gasteiger partial charge < -0.3 is 10.1 Å². The van der Waals surface area contributed by atoms with Crippen molar-refractivity contribution in [1.82, 2.24) is 4.98 Å². The Morgan fingerprint density at radius 2 is 2.15 bits per heavy atom. The molecule has 0 fully saturated rings. The molecule has 1 N–H and O–H groups in total. The van der Waals surface area contributed by atoms with E-state index in [1.165, 1.54) is 6.07 Å². The Balaban J connectivity index is 2.13. The van der Waals surface area contributed by atoms with Crippen LogP contribution in [0, 0.1) is 24.1 Å². The first-order chi connectivity index (χ1) is 9.62. The molecule has 0 aliphatic rings. The summed E-state index contributed by atoms with van der Waals surface area (Å²) in [5.74, 6) is 0.262. The van der Waals surface area contributed by atoms with Crippen LogP contribution in [0.25, 0.3) is 0 Å². The van der Waals surface area contributed by atoms with Crippen molar-refractivity contribution in [3.63, 3.8) is 0 Å². The number of benzene rings is 1. The number of nitriles is 1. The first-order valence-electron chi connectivity index (χ1n) is 6.07. The van der Waals surface area contributed by atoms with Gasteiger partial charge in [-0.1, -0.05) is 0 Å². The minimum atomic E-state index is -0.455. The fourth-order valence-corrected chi connectivity index (χ4v) is 1.83. The molecule has 20 heavy (non-hydrogen) atoms. The van der Waals surface area contributed by atoms with Gasteiger partial charge in [-0.2, -0.15) is 5.26 Å². The SMILES string of the molecule is COc1cc(C)nc(CNc2ccc(C#N)cc2F)c1. The summed E-state index contributed by atoms with van der Waals surface area (Å²) in [6.45, 7) is 2.25. The second-order valence-corrected chi connectivity index (χ2v) is 4.30. The number of aromatic nitrogens is 1. The highest BCUT2D eigenvalue weighted by Crippen LogP contribution is 2.18. The largest absolute Gasteiger partial charge is 0.497 e. The summed E-state index contributed by atoms with van der Waals surface area (Å²) in [4.78, 5) is 4.34. The van der Waals surface area contributed by atoms with Crippen LogP contribution in [0.15, 0.2) is 30.3 Å². The van der Waals surface area contributed by atoms with Crippen molar-refractivity contribution in [2.24, 2.45) is 0 Å². The van der Waals surface area contributed by atoms with Gasteiger partial charge in [0.2, 0.25) is 0 Å². The number of nitrogens with one attached hydrogen (secondary N) is 1. The lowest BCUT2D eigenvalue weighted by Gasteiger charge is -2.09. The molecule has 0 atom stereocenters. The minimum Gasteiger partial charge on any atom is -0.497 e. The van der Waals surface area contributed by atoms with Gasteiger partial charge in [0.1, 0.15) is 11.6 Å². The van der Waals surface area contributed by atoms with E-state index in [-0.39, 0.29) is 0 Å². The van der Waals surface area contributed by atoms with Gasteiger partial charge in [0.05, 0.1) is 36.7 Å². The maximum absolute atomic E-state index is 13.7. The number of hydrogen-bond donors (Lipinski definition) is 1. The van der Waals surface area contributed by atoms with Crippen LogP contribution in [0.1, 0.15) is 17.0 Å². The Morgan fingerprint density at radius 1 is 1.35 bits per heavy atom. The van der Waals surface area contributed by atoms with Crippen LogP contribution in [0.3, 0.4) is 0 Å². The monoisotopic (exact) mass is 271 g/mol. The van der Waals surface area contributed by atoms with E-state index in [9.17, 15) is 4.39 Å². The molecular formula is C15H14FN3O. The smallest absolute Gasteiger partial charge is 0.147 e. The predicted molar refractivity (Wildman–Crippen MR) is 74.0 cm³/mol. The summed E-state index contributed by atoms with van der Waals surface area (Å²) < 4.78 is 18.9. The zero-order chi connectivity index (χ0) is 14.5. The van der Waals surface area contributed by atoms with Crippen LogP contribution in [-0.4, -0.2) is 12.1 Å². The Hall–Kier alpha value is -2.61. The first kappa shape index (κ1) is 13.8. The number of ether oxygens (including phenoxy) is 1. The minimum absolute atomic E-state index is 0.295. The average Bonchev–Trinajstić information content (AvgIpc) is 2.45. The first-order valence-corrected chi connectivity index (χ1v) is 6.07. The fourth-order valence-electron chi connectivity index (χ4n) is 1.83. The fraction of sp³-hybridized carbons (Fsp3) is 0.200. The lowest BCUT2D eigenvalue weighted by Crippen LogP contribution is -2.04. The quantitative estimate of drug-likeness (QED) is 0.928. The van der Waals surface area contributed by atoms with Crippen LogP contribution in [-0.2, 0) is 6.54 Å². The van der Waals surface area contributed by atoms with Crippen molar-refractivity contribution in [3.05, 3.63) is 53.1 Å². The van der Waals surface area contributed by atoms with Gasteiger partial charge in [0.15, 0.2) is 0 Å². The van der Waals surface area contributed by atoms with Gasteiger partial charge in [-0.15, -0.1) is 0 Å². The van der Waals surface area contributed by atoms with Gasteiger partial charge in [0.25, 0.3) is 0 Å². The van der Waals surface area contributed by atoms with Crippen LogP contribution >= 0.6 is 0 Å². The van der Waals surface area contributed by atoms with Crippen LogP contribution < -0.4 is 10.1 Å². The third kappa shape index (κ3) is 3.23. The summed E-state index contributed by atoms with van der Waals surface area (Å²) in [5.41, 5.74) is 2.22. The number of pyridine rings is 1. The average molecular weight is 271 g/mol. The highest BCUT2D eigenvalue weighted by molar-refractivity contribution is 5.49. The molecule has 1 heterocycles. The van der Waals surface area contributed by atoms with Crippen molar-refractivity contribution < 1.29 is 9.13 Å². The highest BCUT2D eigenvalue weighted by atomic mass is 19.1. The molecule has 0 aliphatic carbocycles. The third-order valence-corrected chi connectivity index (χ3v) is 2.77. The zero-order valence-electron chi connectivity index (χ0n) is 11.3. The van der Waals surface area contributed by atoms with Gasteiger partial charge in [0, 0.05) is 17.8 Å². The number of halogens is 1. The van der Waals surface area contributed by atoms with Gasteiger partial charge in [-0.25, -0.2) is 4.39 Å². The van der Waals surface area contributed by atoms with E-state index in [1.54, 1.807) is 25.3 Å². The standard InChI is InChI=1S/C15H14FN3O/c1-10-5-13(20-2)7-12(19-10)9-18-15-4-3-11(8-17)6-14(15)16/h3-7,18H,9H2,1-2H3. The van der Waals surface area contributed by atoms with E-state index in [0.29, 0.717) is 17.8 Å². The van der Waals surface area contributed by atoms with E-state index in [4.69, 9.17) is 10.00 Å². The summed E-state index contributed by atoms with van der Waals surface area (Å²) in [5, 5.41) is 11.6. The van der Waals surface area contributed by atoms with Crippen molar-refractivity contribution >= 4 is 5.69 Å². The van der Waals surface area contributed by atoms with Crippen molar-refractivity contribution in [1.29, 1.82) is 5.26 Å². The molecule has 2 aromatic rings. The number of methoxy groups -OCH3 is 1. The molecule has 0 aliphatic heterocycles. The van der Waals surface area contributed by atoms with Crippen molar-refractivity contribution in [2.75, 3.05) is 12.4 Å². The molecular weight excluding hydrogens is 257 g/mol. The van der Waals surface area contributed by atoms with Gasteiger partial charge in [-0.3, -0.25) is 4.98 Å². The Labute approximate surface area is 116 Å². The number of hydrogen-bond acceptors (Lipinski definition) is 4. The lowest BCUT2D eigenvalue weighted by molar-refractivity contribution is 0.413. The third-order valence-electron chi connectivity index (χ3n) is 2.77. The molecule has 1 aromatic heterocycles. The van der Waals surface area contributed by atoms with E-state index in [2.05, 4.69) is 10.3 Å². The van der Waals surface area contributed by atoms with Crippen LogP contribution in [0.5, 0.6) is 5.75 Å². The van der Waals surface area contributed by atoms with E-state index in [0.717, 1.165) is 17.1 Å². The molecule has 0 saturated heterocycles. The molecule has 5 heteroatoms. The molecule has 0 unspecified atom stereocenters. The molecule has 0 spiro atoms. The molecule has 1 aromatic carbocycles. The van der Waals surface area contributed by atoms with Crippen molar-refractivity contribution in [2.45, 2.75) is 13.5 Å². The maximum Gasteiger partial charge on any atom is 0.147 e. The summed E-state index contributed by atoms with van der Waals surface area (Å²) in [6.07, 6.45) is 0. The second-order valence-electron chi connectivity index (χ2n) is 4.30. The van der Waals surface area contributed by atoms with E-state index in [1.807, 2.05) is 19.1 Å². The number of nitrogens with zero attached hydrogens (tertiary/aromatic N) is 2. The normalized spacial score (nSPS) is 9.90. The van der Waals surface area contributed by atoms with Crippen LogP contribution in [0.4, 0.5) is 10.1 Å². The van der Waals surface area contributed by atoms with Gasteiger partial charge >= 0.3 is 0 Å². The van der Waals surface area contributed by atoms with Gasteiger partial charge in [-0.05, 0) is 25.1 Å². The Morgan fingerprint density at radius 3 is 2.80 bits per heavy atom. The topological polar surface area (TPSA) is 57.9 Å². The van der Waals surface area contributed by atoms with E-state index < -0.39 is 5.82 Å². The van der Waals surface area contributed by atoms with Crippen LogP contribution in [0.2, 0.25) is 0 Å². The maximum atomic E-state index is 13.7. The Bertz CT molecular complexity index is 665. The molecule has 0 amide bonds. The molecule has 0 bridgehead atoms. The Kier molecular flexibility index (Phi) is 4.16. The number of rotatable bonds is 4. The summed E-state index contributed by atoms with van der Waals surface area (Å²) in [6, 6.07) is 9.82. The molecule has 0 saturated carbocycles. The highest BCUT2D eigenvalue weighted by Gasteiger charge is 2.05. The predicted octanol–water partition coefficient (Wildman–Crippen LogP) is 3.02. The second kappa shape index (κ2) is 6.02. The molecule has 0 radical (unpaired) electrons. The van der Waals surface area contributed by atoms with Crippen molar-refractivity contribution in [3.8, 4) is 11.8 Å². The molecule has 4 nitrogen and oxygen atoms in total. The zero-order valence-corrected chi connectivity index (χ0v) is 11.3. The molecule has 2 rings (SSSR count). The number of aryl methyl sites for hydroxylation is 1.